The van der Waals surface area contributed by atoms with Crippen LogP contribution in [-0.4, -0.2) is 72.1 Å². The predicted octanol–water partition coefficient (Wildman–Crippen LogP) is -2.92. The van der Waals surface area contributed by atoms with Gasteiger partial charge in [0, 0.05) is 0 Å². The van der Waals surface area contributed by atoms with Crippen molar-refractivity contribution in [2.24, 2.45) is 0 Å². The molecule has 12 heavy (non-hydrogen) atoms. The zero-order valence-corrected chi connectivity index (χ0v) is 8.60. The molecule has 0 aliphatic heterocycles. The summed E-state index contributed by atoms with van der Waals surface area (Å²) in [6, 6.07) is 0. The Balaban J connectivity index is 0. The minimum absolute atomic E-state index is 0.281. The fourth-order valence-corrected chi connectivity index (χ4v) is 0.300. The van der Waals surface area contributed by atoms with Gasteiger partial charge in [-0.2, -0.15) is 0 Å². The summed E-state index contributed by atoms with van der Waals surface area (Å²) < 4.78 is 0.844. The molecule has 7 heteroatoms. The topological polar surface area (TPSA) is 101 Å². The Hall–Kier alpha value is -0.0231. The van der Waals surface area contributed by atoms with Crippen LogP contribution in [0.2, 0.25) is 0 Å². The number of quaternary nitrogens is 1. The van der Waals surface area contributed by atoms with Crippen LogP contribution in [0.5, 0.6) is 0 Å². The van der Waals surface area contributed by atoms with Crippen molar-refractivity contribution < 1.29 is 28.8 Å². The average Bonchev–Trinajstić information content (AvgIpc) is 1.54. The van der Waals surface area contributed by atoms with Gasteiger partial charge in [-0.15, -0.1) is 0 Å². The minimum atomic E-state index is -4.61. The number of nitrogens with zero attached hydrogens (tertiary/aromatic N) is 1. The molecule has 0 radical (unpaired) electrons. The molecule has 0 aromatic rings. The lowest BCUT2D eigenvalue weighted by Gasteiger charge is -2.21. The van der Waals surface area contributed by atoms with Crippen molar-refractivity contribution in [2.75, 3.05) is 34.3 Å². The first-order chi connectivity index (χ1) is 5.06. The van der Waals surface area contributed by atoms with Crippen LogP contribution in [0.3, 0.4) is 0 Å². The standard InChI is InChI=1S/C5H14NO.H4O4Si/c1-6(2,3)4-5-7;1-5(2,3)4/h7H,4-5H2,1-3H3;1-4H/q+1;. The monoisotopic (exact) mass is 200 g/mol. The van der Waals surface area contributed by atoms with Crippen molar-refractivity contribution in [1.82, 2.24) is 0 Å². The van der Waals surface area contributed by atoms with Crippen molar-refractivity contribution in [3.8, 4) is 0 Å². The lowest BCUT2D eigenvalue weighted by Crippen LogP contribution is -2.36. The highest BCUT2D eigenvalue weighted by Gasteiger charge is 2.22. The number of aliphatic hydroxyl groups excluding tert-OH is 1. The molecule has 5 N–H and O–H groups in total. The first kappa shape index (κ1) is 14.5. The smallest absolute Gasteiger partial charge is 0.391 e. The summed E-state index contributed by atoms with van der Waals surface area (Å²) in [6.45, 7) is 1.11. The van der Waals surface area contributed by atoms with Gasteiger partial charge < -0.3 is 28.8 Å². The first-order valence-electron chi connectivity index (χ1n) is 3.37. The summed E-state index contributed by atoms with van der Waals surface area (Å²) in [5.41, 5.74) is 0. The zero-order valence-electron chi connectivity index (χ0n) is 7.60. The van der Waals surface area contributed by atoms with E-state index >= 15 is 0 Å². The molecular weight excluding hydrogens is 182 g/mol. The van der Waals surface area contributed by atoms with Crippen molar-refractivity contribution >= 4 is 9.05 Å². The molecule has 0 heterocycles. The van der Waals surface area contributed by atoms with E-state index in [0.29, 0.717) is 0 Å². The lowest BCUT2D eigenvalue weighted by atomic mass is 10.5. The number of aliphatic hydroxyl groups is 1. The molecule has 0 saturated heterocycles. The SMILES string of the molecule is C[N+](C)(C)CCO.O[Si](O)(O)O. The Kier molecular flexibility index (Phi) is 6.76. The van der Waals surface area contributed by atoms with E-state index in [1.807, 2.05) is 0 Å². The predicted molar refractivity (Wildman–Crippen MR) is 44.6 cm³/mol. The molecule has 0 unspecified atom stereocenters. The van der Waals surface area contributed by atoms with Crippen molar-refractivity contribution in [3.05, 3.63) is 0 Å². The molecule has 0 aliphatic carbocycles. The molecule has 0 rings (SSSR count). The molecule has 0 saturated carbocycles. The number of hydrogen-bond donors (Lipinski definition) is 5. The quantitative estimate of drug-likeness (QED) is 0.243. The van der Waals surface area contributed by atoms with Crippen LogP contribution in [-0.2, 0) is 0 Å². The van der Waals surface area contributed by atoms with Gasteiger partial charge in [0.05, 0.1) is 27.7 Å². The molecule has 0 aromatic heterocycles. The van der Waals surface area contributed by atoms with Crippen molar-refractivity contribution in [1.29, 1.82) is 0 Å². The third kappa shape index (κ3) is 50.8. The Morgan fingerprint density at radius 1 is 1.00 bits per heavy atom. The zero-order chi connectivity index (χ0) is 10.4. The van der Waals surface area contributed by atoms with Gasteiger partial charge in [-0.25, -0.2) is 0 Å². The third-order valence-electron chi connectivity index (χ3n) is 0.771. The number of likely N-dealkylation sites (N-methyl/N-ethyl adjacent to an activating group) is 1. The highest BCUT2D eigenvalue weighted by atomic mass is 28.4. The van der Waals surface area contributed by atoms with Gasteiger partial charge in [0.15, 0.2) is 0 Å². The number of hydrogen-bond acceptors (Lipinski definition) is 5. The van der Waals surface area contributed by atoms with Crippen LogP contribution in [0.4, 0.5) is 0 Å². The number of rotatable bonds is 2. The second-order valence-corrected chi connectivity index (χ2v) is 4.54. The van der Waals surface area contributed by atoms with Gasteiger partial charge in [0.1, 0.15) is 6.54 Å². The molecule has 0 bridgehead atoms. The van der Waals surface area contributed by atoms with Crippen LogP contribution in [0.1, 0.15) is 0 Å². The lowest BCUT2D eigenvalue weighted by molar-refractivity contribution is -0.870. The fraction of sp³-hybridized carbons (Fsp3) is 1.00. The first-order valence-corrected chi connectivity index (χ1v) is 5.16. The van der Waals surface area contributed by atoms with E-state index in [-0.39, 0.29) is 6.61 Å². The van der Waals surface area contributed by atoms with Crippen molar-refractivity contribution in [3.63, 3.8) is 0 Å². The van der Waals surface area contributed by atoms with Gasteiger partial charge >= 0.3 is 9.05 Å². The van der Waals surface area contributed by atoms with E-state index < -0.39 is 9.05 Å². The van der Waals surface area contributed by atoms with E-state index in [2.05, 4.69) is 21.1 Å². The Labute approximate surface area is 73.0 Å². The maximum atomic E-state index is 8.39. The minimum Gasteiger partial charge on any atom is -0.391 e. The normalized spacial score (nSPS) is 12.0. The van der Waals surface area contributed by atoms with Crippen molar-refractivity contribution in [2.45, 2.75) is 0 Å². The Morgan fingerprint density at radius 2 is 1.25 bits per heavy atom. The van der Waals surface area contributed by atoms with E-state index in [9.17, 15) is 0 Å². The Morgan fingerprint density at radius 3 is 1.25 bits per heavy atom. The van der Waals surface area contributed by atoms with Crippen LogP contribution in [0.25, 0.3) is 0 Å². The van der Waals surface area contributed by atoms with Crippen LogP contribution in [0, 0.1) is 0 Å². The largest absolute Gasteiger partial charge is 0.668 e. The summed E-state index contributed by atoms with van der Waals surface area (Å²) in [4.78, 5) is 29.3. The summed E-state index contributed by atoms with van der Waals surface area (Å²) in [7, 11) is 1.54. The van der Waals surface area contributed by atoms with Gasteiger partial charge in [-0.05, 0) is 0 Å². The second-order valence-electron chi connectivity index (χ2n) is 3.34. The molecule has 0 aliphatic rings. The van der Waals surface area contributed by atoms with Gasteiger partial charge in [0.25, 0.3) is 0 Å². The van der Waals surface area contributed by atoms with E-state index in [1.54, 1.807) is 0 Å². The van der Waals surface area contributed by atoms with Gasteiger partial charge in [-0.1, -0.05) is 0 Å². The van der Waals surface area contributed by atoms with E-state index in [1.165, 1.54) is 0 Å². The Bertz CT molecular complexity index is 101. The van der Waals surface area contributed by atoms with E-state index in [4.69, 9.17) is 24.3 Å². The fourth-order valence-electron chi connectivity index (χ4n) is 0.300. The molecule has 0 fully saturated rings. The highest BCUT2D eigenvalue weighted by molar-refractivity contribution is 6.46. The molecule has 0 spiro atoms. The van der Waals surface area contributed by atoms with E-state index in [0.717, 1.165) is 11.0 Å². The third-order valence-corrected chi connectivity index (χ3v) is 0.771. The van der Waals surface area contributed by atoms with Crippen LogP contribution in [0.15, 0.2) is 0 Å². The molecule has 76 valence electrons. The van der Waals surface area contributed by atoms with Crippen LogP contribution < -0.4 is 0 Å². The summed E-state index contributed by atoms with van der Waals surface area (Å²) in [5.74, 6) is 0. The van der Waals surface area contributed by atoms with Gasteiger partial charge in [0.2, 0.25) is 0 Å². The summed E-state index contributed by atoms with van der Waals surface area (Å²) in [5, 5.41) is 8.39. The maximum absolute atomic E-state index is 8.39. The maximum Gasteiger partial charge on any atom is 0.668 e. The summed E-state index contributed by atoms with van der Waals surface area (Å²) in [6.07, 6.45) is 0. The molecule has 6 nitrogen and oxygen atoms in total. The van der Waals surface area contributed by atoms with Gasteiger partial charge in [-0.3, -0.25) is 0 Å². The molecule has 0 amide bonds. The molecule has 0 atom stereocenters. The highest BCUT2D eigenvalue weighted by Crippen LogP contribution is 1.84. The van der Waals surface area contributed by atoms with Crippen LogP contribution >= 0.6 is 0 Å². The average molecular weight is 200 g/mol. The molecular formula is C5H18NO5Si+. The molecule has 0 aromatic carbocycles. The summed E-state index contributed by atoms with van der Waals surface area (Å²) >= 11 is 0. The second kappa shape index (κ2) is 5.59.